The van der Waals surface area contributed by atoms with Gasteiger partial charge >= 0.3 is 0 Å². The maximum atomic E-state index is 12.1. The van der Waals surface area contributed by atoms with Gasteiger partial charge in [-0.1, -0.05) is 12.1 Å². The Bertz CT molecular complexity index is 519. The van der Waals surface area contributed by atoms with Crippen LogP contribution in [0.5, 0.6) is 0 Å². The second-order valence-electron chi connectivity index (χ2n) is 5.52. The molecule has 2 rings (SSSR count). The lowest BCUT2D eigenvalue weighted by Gasteiger charge is -2.12. The first-order chi connectivity index (χ1) is 8.95. The zero-order chi connectivity index (χ0) is 13.9. The third-order valence-electron chi connectivity index (χ3n) is 3.51. The molecule has 0 amide bonds. The molecule has 1 aliphatic rings. The molecule has 0 unspecified atom stereocenters. The summed E-state index contributed by atoms with van der Waals surface area (Å²) in [5.74, 6) is 0. The summed E-state index contributed by atoms with van der Waals surface area (Å²) in [5.41, 5.74) is 0.955. The van der Waals surface area contributed by atoms with E-state index in [1.54, 1.807) is 12.1 Å². The van der Waals surface area contributed by atoms with Crippen LogP contribution in [0.3, 0.4) is 0 Å². The number of nitrogens with one attached hydrogen (secondary N) is 2. The first kappa shape index (κ1) is 14.5. The van der Waals surface area contributed by atoms with E-state index in [9.17, 15) is 8.42 Å². The van der Waals surface area contributed by atoms with Gasteiger partial charge in [-0.25, -0.2) is 13.1 Å². The fraction of sp³-hybridized carbons (Fsp3) is 0.571. The molecule has 1 saturated carbocycles. The van der Waals surface area contributed by atoms with E-state index in [2.05, 4.69) is 10.0 Å². The van der Waals surface area contributed by atoms with Gasteiger partial charge in [-0.3, -0.25) is 0 Å². The van der Waals surface area contributed by atoms with Crippen LogP contribution in [0.2, 0.25) is 0 Å². The summed E-state index contributed by atoms with van der Waals surface area (Å²) in [7, 11) is -1.43. The van der Waals surface area contributed by atoms with Crippen molar-refractivity contribution in [3.05, 3.63) is 29.8 Å². The van der Waals surface area contributed by atoms with Gasteiger partial charge in [-0.15, -0.1) is 0 Å². The molecule has 1 aromatic carbocycles. The Hall–Kier alpha value is -0.910. The van der Waals surface area contributed by atoms with Crippen molar-refractivity contribution in [1.29, 1.82) is 0 Å². The third-order valence-corrected chi connectivity index (χ3v) is 5.16. The minimum atomic E-state index is -3.36. The van der Waals surface area contributed by atoms with E-state index in [0.29, 0.717) is 4.90 Å². The number of hydrogen-bond donors (Lipinski definition) is 2. The predicted octanol–water partition coefficient (Wildman–Crippen LogP) is 1.67. The van der Waals surface area contributed by atoms with Crippen LogP contribution in [0.4, 0.5) is 0 Å². The van der Waals surface area contributed by atoms with Gasteiger partial charge in [-0.05, 0) is 63.9 Å². The topological polar surface area (TPSA) is 58.2 Å². The normalized spacial score (nSPS) is 17.4. The second kappa shape index (κ2) is 5.61. The second-order valence-corrected chi connectivity index (χ2v) is 7.20. The summed E-state index contributed by atoms with van der Waals surface area (Å²) >= 11 is 0. The SMILES string of the molecule is CNCCCc1ccc(S(=O)(=O)NC2(C)CC2)cc1. The van der Waals surface area contributed by atoms with Crippen molar-refractivity contribution in [3.63, 3.8) is 0 Å². The minimum Gasteiger partial charge on any atom is -0.320 e. The van der Waals surface area contributed by atoms with Gasteiger partial charge in [0.1, 0.15) is 0 Å². The van der Waals surface area contributed by atoms with Crippen molar-refractivity contribution in [2.24, 2.45) is 0 Å². The predicted molar refractivity (Wildman–Crippen MR) is 76.7 cm³/mol. The van der Waals surface area contributed by atoms with Gasteiger partial charge in [0.15, 0.2) is 0 Å². The van der Waals surface area contributed by atoms with Crippen LogP contribution in [-0.4, -0.2) is 27.5 Å². The molecule has 0 atom stereocenters. The van der Waals surface area contributed by atoms with Crippen molar-refractivity contribution in [1.82, 2.24) is 10.0 Å². The maximum Gasteiger partial charge on any atom is 0.241 e. The Morgan fingerprint density at radius 1 is 1.21 bits per heavy atom. The molecule has 0 spiro atoms. The Kier molecular flexibility index (Phi) is 4.28. The van der Waals surface area contributed by atoms with Crippen LogP contribution >= 0.6 is 0 Å². The van der Waals surface area contributed by atoms with E-state index in [4.69, 9.17) is 0 Å². The van der Waals surface area contributed by atoms with E-state index in [1.165, 1.54) is 5.56 Å². The van der Waals surface area contributed by atoms with Crippen molar-refractivity contribution in [2.75, 3.05) is 13.6 Å². The van der Waals surface area contributed by atoms with Crippen LogP contribution in [0, 0.1) is 0 Å². The van der Waals surface area contributed by atoms with E-state index in [1.807, 2.05) is 26.1 Å². The summed E-state index contributed by atoms with van der Waals surface area (Å²) in [5, 5.41) is 3.10. The van der Waals surface area contributed by atoms with E-state index in [0.717, 1.165) is 32.2 Å². The van der Waals surface area contributed by atoms with Crippen LogP contribution < -0.4 is 10.0 Å². The number of sulfonamides is 1. The summed E-state index contributed by atoms with van der Waals surface area (Å²) in [6.45, 7) is 2.91. The highest BCUT2D eigenvalue weighted by Gasteiger charge is 2.41. The molecule has 1 aliphatic carbocycles. The lowest BCUT2D eigenvalue weighted by atomic mass is 10.1. The number of aryl methyl sites for hydroxylation is 1. The third kappa shape index (κ3) is 4.03. The fourth-order valence-electron chi connectivity index (χ4n) is 1.98. The minimum absolute atomic E-state index is 0.218. The standard InChI is InChI=1S/C14H22N2O2S/c1-14(9-10-14)16-19(17,18)13-7-5-12(6-8-13)4-3-11-15-2/h5-8,15-16H,3-4,9-11H2,1-2H3. The van der Waals surface area contributed by atoms with Crippen molar-refractivity contribution in [3.8, 4) is 0 Å². The molecule has 106 valence electrons. The molecule has 5 heteroatoms. The lowest BCUT2D eigenvalue weighted by Crippen LogP contribution is -2.34. The molecule has 0 saturated heterocycles. The molecular formula is C14H22N2O2S. The monoisotopic (exact) mass is 282 g/mol. The Morgan fingerprint density at radius 2 is 1.84 bits per heavy atom. The highest BCUT2D eigenvalue weighted by molar-refractivity contribution is 7.89. The van der Waals surface area contributed by atoms with Crippen molar-refractivity contribution >= 4 is 10.0 Å². The molecule has 0 aliphatic heterocycles. The van der Waals surface area contributed by atoms with Crippen LogP contribution in [0.15, 0.2) is 29.2 Å². The number of hydrogen-bond acceptors (Lipinski definition) is 3. The van der Waals surface area contributed by atoms with Crippen molar-refractivity contribution in [2.45, 2.75) is 43.0 Å². The first-order valence-electron chi connectivity index (χ1n) is 6.73. The quantitative estimate of drug-likeness (QED) is 0.748. The summed E-state index contributed by atoms with van der Waals surface area (Å²) in [6, 6.07) is 7.20. The maximum absolute atomic E-state index is 12.1. The van der Waals surface area contributed by atoms with Gasteiger partial charge in [0.2, 0.25) is 10.0 Å². The highest BCUT2D eigenvalue weighted by Crippen LogP contribution is 2.35. The van der Waals surface area contributed by atoms with Crippen LogP contribution in [0.1, 0.15) is 31.7 Å². The molecule has 1 fully saturated rings. The number of rotatable bonds is 7. The Labute approximate surface area is 115 Å². The molecule has 0 bridgehead atoms. The Balaban J connectivity index is 2.01. The zero-order valence-electron chi connectivity index (χ0n) is 11.6. The van der Waals surface area contributed by atoms with Gasteiger partial charge < -0.3 is 5.32 Å². The van der Waals surface area contributed by atoms with E-state index < -0.39 is 10.0 Å². The summed E-state index contributed by atoms with van der Waals surface area (Å²) in [6.07, 6.45) is 3.87. The van der Waals surface area contributed by atoms with Gasteiger partial charge in [-0.2, -0.15) is 0 Å². The molecule has 4 nitrogen and oxygen atoms in total. The van der Waals surface area contributed by atoms with Gasteiger partial charge in [0.05, 0.1) is 4.90 Å². The van der Waals surface area contributed by atoms with Crippen molar-refractivity contribution < 1.29 is 8.42 Å². The molecule has 0 radical (unpaired) electrons. The van der Waals surface area contributed by atoms with E-state index >= 15 is 0 Å². The van der Waals surface area contributed by atoms with E-state index in [-0.39, 0.29) is 5.54 Å². The average molecular weight is 282 g/mol. The fourth-order valence-corrected chi connectivity index (χ4v) is 3.44. The highest BCUT2D eigenvalue weighted by atomic mass is 32.2. The lowest BCUT2D eigenvalue weighted by molar-refractivity contribution is 0.558. The molecule has 1 aromatic rings. The van der Waals surface area contributed by atoms with Gasteiger partial charge in [0, 0.05) is 5.54 Å². The van der Waals surface area contributed by atoms with Gasteiger partial charge in [0.25, 0.3) is 0 Å². The Morgan fingerprint density at radius 3 is 2.37 bits per heavy atom. The molecule has 0 heterocycles. The zero-order valence-corrected chi connectivity index (χ0v) is 12.4. The molecule has 0 aromatic heterocycles. The number of benzene rings is 1. The summed E-state index contributed by atoms with van der Waals surface area (Å²) in [4.78, 5) is 0.359. The molecule has 2 N–H and O–H groups in total. The largest absolute Gasteiger partial charge is 0.320 e. The molecular weight excluding hydrogens is 260 g/mol. The molecule has 19 heavy (non-hydrogen) atoms. The van der Waals surface area contributed by atoms with Crippen LogP contribution in [0.25, 0.3) is 0 Å². The summed E-state index contributed by atoms with van der Waals surface area (Å²) < 4.78 is 27.0. The average Bonchev–Trinajstić information content (AvgIpc) is 3.07. The smallest absolute Gasteiger partial charge is 0.241 e. The first-order valence-corrected chi connectivity index (χ1v) is 8.21. The van der Waals surface area contributed by atoms with Crippen LogP contribution in [-0.2, 0) is 16.4 Å².